The summed E-state index contributed by atoms with van der Waals surface area (Å²) in [4.78, 5) is 15.8. The largest absolute Gasteiger partial charge is 0.488 e. The number of amides is 1. The highest BCUT2D eigenvalue weighted by Crippen LogP contribution is 2.37. The molecule has 0 fully saturated rings. The van der Waals surface area contributed by atoms with Crippen LogP contribution in [-0.2, 0) is 6.18 Å². The highest BCUT2D eigenvalue weighted by Gasteiger charge is 2.34. The number of hydrogen-bond donors (Lipinski definition) is 3. The van der Waals surface area contributed by atoms with Gasteiger partial charge in [0.05, 0.1) is 5.39 Å². The molecule has 34 heavy (non-hydrogen) atoms. The summed E-state index contributed by atoms with van der Waals surface area (Å²) in [6, 6.07) is 12.3. The first-order valence-electron chi connectivity index (χ1n) is 10.0. The van der Waals surface area contributed by atoms with E-state index in [2.05, 4.69) is 10.3 Å². The number of aromatic nitrogens is 1. The van der Waals surface area contributed by atoms with E-state index >= 15 is 4.39 Å². The molecular formula is C23H17BF4N2O3S. The number of nitrogens with one attached hydrogen (secondary N) is 1. The van der Waals surface area contributed by atoms with E-state index in [-0.39, 0.29) is 26.9 Å². The Balaban J connectivity index is 1.76. The molecule has 0 aliphatic rings. The van der Waals surface area contributed by atoms with E-state index < -0.39 is 35.6 Å². The van der Waals surface area contributed by atoms with Crippen molar-refractivity contribution in [3.05, 3.63) is 76.0 Å². The Hall–Kier alpha value is -3.28. The summed E-state index contributed by atoms with van der Waals surface area (Å²) in [6.45, 7) is 3.22. The van der Waals surface area contributed by atoms with Gasteiger partial charge in [-0.05, 0) is 42.6 Å². The van der Waals surface area contributed by atoms with E-state index in [1.54, 1.807) is 12.1 Å². The van der Waals surface area contributed by atoms with E-state index in [1.165, 1.54) is 25.1 Å². The standard InChI is InChI=1S/C23H17BF4N2O3S/c1-11-3-5-13(6-4-11)15-10-14(24(32)33)7-8-16(15)29-21(31)20-19(25)18-12(2)9-17(23(26,27)28)30-22(18)34-20/h3-10,32-33H,1-2H3,(H,29,31). The second-order valence-electron chi connectivity index (χ2n) is 7.75. The first-order valence-corrected chi connectivity index (χ1v) is 10.8. The number of nitrogens with zero attached hydrogens (tertiary/aromatic N) is 1. The summed E-state index contributed by atoms with van der Waals surface area (Å²) in [7, 11) is -1.74. The molecule has 1 amide bonds. The lowest BCUT2D eigenvalue weighted by molar-refractivity contribution is -0.141. The number of benzene rings is 2. The molecule has 3 N–H and O–H groups in total. The van der Waals surface area contributed by atoms with Crippen LogP contribution >= 0.6 is 11.3 Å². The van der Waals surface area contributed by atoms with Crippen LogP contribution in [0.25, 0.3) is 21.3 Å². The molecule has 0 saturated carbocycles. The second-order valence-corrected chi connectivity index (χ2v) is 8.75. The van der Waals surface area contributed by atoms with Gasteiger partial charge in [-0.15, -0.1) is 11.3 Å². The molecule has 5 nitrogen and oxygen atoms in total. The Morgan fingerprint density at radius 2 is 1.74 bits per heavy atom. The van der Waals surface area contributed by atoms with Gasteiger partial charge in [0, 0.05) is 11.3 Å². The monoisotopic (exact) mass is 488 g/mol. The number of pyridine rings is 1. The van der Waals surface area contributed by atoms with E-state index in [4.69, 9.17) is 0 Å². The van der Waals surface area contributed by atoms with Crippen molar-refractivity contribution in [3.8, 4) is 11.1 Å². The molecule has 0 unspecified atom stereocenters. The number of thiophene rings is 1. The smallest absolute Gasteiger partial charge is 0.423 e. The van der Waals surface area contributed by atoms with Crippen LogP contribution in [0.1, 0.15) is 26.5 Å². The van der Waals surface area contributed by atoms with Gasteiger partial charge in [0.2, 0.25) is 0 Å². The van der Waals surface area contributed by atoms with Crippen molar-refractivity contribution in [1.82, 2.24) is 4.98 Å². The molecule has 0 atom stereocenters. The van der Waals surface area contributed by atoms with Crippen LogP contribution in [0.5, 0.6) is 0 Å². The Morgan fingerprint density at radius 1 is 1.06 bits per heavy atom. The van der Waals surface area contributed by atoms with Gasteiger partial charge in [0.25, 0.3) is 5.91 Å². The summed E-state index contributed by atoms with van der Waals surface area (Å²) in [5.74, 6) is -1.81. The van der Waals surface area contributed by atoms with Crippen LogP contribution in [-0.4, -0.2) is 28.1 Å². The number of hydrogen-bond acceptors (Lipinski definition) is 5. The zero-order valence-corrected chi connectivity index (χ0v) is 18.7. The second kappa shape index (κ2) is 8.82. The lowest BCUT2D eigenvalue weighted by Gasteiger charge is -2.13. The third-order valence-electron chi connectivity index (χ3n) is 5.25. The quantitative estimate of drug-likeness (QED) is 0.288. The molecule has 4 aromatic rings. The number of alkyl halides is 3. The maximum Gasteiger partial charge on any atom is 0.488 e. The molecule has 174 valence electrons. The van der Waals surface area contributed by atoms with Gasteiger partial charge in [0.15, 0.2) is 5.82 Å². The van der Waals surface area contributed by atoms with Gasteiger partial charge in [-0.25, -0.2) is 9.37 Å². The normalized spacial score (nSPS) is 11.6. The van der Waals surface area contributed by atoms with Crippen LogP contribution in [0.15, 0.2) is 48.5 Å². The molecule has 4 rings (SSSR count). The molecule has 2 aromatic carbocycles. The molecule has 0 aliphatic carbocycles. The van der Waals surface area contributed by atoms with Crippen LogP contribution in [0.2, 0.25) is 0 Å². The minimum atomic E-state index is -4.70. The van der Waals surface area contributed by atoms with Crippen molar-refractivity contribution in [1.29, 1.82) is 0 Å². The number of carbonyl (C=O) groups excluding carboxylic acids is 1. The van der Waals surface area contributed by atoms with Crippen LogP contribution < -0.4 is 10.8 Å². The van der Waals surface area contributed by atoms with E-state index in [0.29, 0.717) is 22.5 Å². The van der Waals surface area contributed by atoms with Gasteiger partial charge >= 0.3 is 13.3 Å². The number of rotatable bonds is 4. The van der Waals surface area contributed by atoms with Gasteiger partial charge in [-0.3, -0.25) is 4.79 Å². The van der Waals surface area contributed by atoms with E-state index in [0.717, 1.165) is 11.6 Å². The lowest BCUT2D eigenvalue weighted by atomic mass is 9.78. The number of anilines is 1. The summed E-state index contributed by atoms with van der Waals surface area (Å²) >= 11 is 0.529. The van der Waals surface area contributed by atoms with Crippen molar-refractivity contribution >= 4 is 45.7 Å². The summed E-state index contributed by atoms with van der Waals surface area (Å²) in [6.07, 6.45) is -4.70. The van der Waals surface area contributed by atoms with E-state index in [1.807, 2.05) is 19.1 Å². The molecule has 0 spiro atoms. The zero-order valence-electron chi connectivity index (χ0n) is 17.9. The predicted molar refractivity (Wildman–Crippen MR) is 124 cm³/mol. The summed E-state index contributed by atoms with van der Waals surface area (Å²) < 4.78 is 54.4. The predicted octanol–water partition coefficient (Wildman–Crippen LogP) is 4.67. The van der Waals surface area contributed by atoms with Gasteiger partial charge in [-0.2, -0.15) is 13.2 Å². The molecule has 0 aliphatic heterocycles. The van der Waals surface area contributed by atoms with Gasteiger partial charge in [0.1, 0.15) is 15.4 Å². The zero-order chi connectivity index (χ0) is 24.8. The fraction of sp³-hybridized carbons (Fsp3) is 0.130. The Labute approximate surface area is 195 Å². The summed E-state index contributed by atoms with van der Waals surface area (Å²) in [5.41, 5.74) is 1.40. The molecule has 0 bridgehead atoms. The van der Waals surface area contributed by atoms with Crippen LogP contribution in [0.3, 0.4) is 0 Å². The van der Waals surface area contributed by atoms with Gasteiger partial charge < -0.3 is 15.4 Å². The van der Waals surface area contributed by atoms with Crippen LogP contribution in [0.4, 0.5) is 23.2 Å². The fourth-order valence-electron chi connectivity index (χ4n) is 3.51. The average Bonchev–Trinajstić information content (AvgIpc) is 3.11. The maximum absolute atomic E-state index is 15.1. The molecule has 11 heteroatoms. The lowest BCUT2D eigenvalue weighted by Crippen LogP contribution is -2.30. The van der Waals surface area contributed by atoms with Crippen molar-refractivity contribution in [2.75, 3.05) is 5.32 Å². The molecule has 2 heterocycles. The average molecular weight is 488 g/mol. The topological polar surface area (TPSA) is 82.5 Å². The van der Waals surface area contributed by atoms with Crippen molar-refractivity contribution < 1.29 is 32.4 Å². The molecular weight excluding hydrogens is 471 g/mol. The number of aryl methyl sites for hydroxylation is 2. The molecule has 0 radical (unpaired) electrons. The Morgan fingerprint density at radius 3 is 2.35 bits per heavy atom. The molecule has 0 saturated heterocycles. The van der Waals surface area contributed by atoms with Crippen molar-refractivity contribution in [3.63, 3.8) is 0 Å². The number of carbonyl (C=O) groups is 1. The fourth-order valence-corrected chi connectivity index (χ4v) is 4.54. The third kappa shape index (κ3) is 4.54. The van der Waals surface area contributed by atoms with Crippen molar-refractivity contribution in [2.24, 2.45) is 0 Å². The van der Waals surface area contributed by atoms with Gasteiger partial charge in [-0.1, -0.05) is 42.0 Å². The highest BCUT2D eigenvalue weighted by atomic mass is 32.1. The number of halogens is 4. The Kier molecular flexibility index (Phi) is 6.19. The maximum atomic E-state index is 15.1. The highest BCUT2D eigenvalue weighted by molar-refractivity contribution is 7.20. The SMILES string of the molecule is Cc1ccc(-c2cc(B(O)O)ccc2NC(=O)c2sc3nc(C(F)(F)F)cc(C)c3c2F)cc1. The number of fused-ring (bicyclic) bond motifs is 1. The Bertz CT molecular complexity index is 1400. The third-order valence-corrected chi connectivity index (χ3v) is 6.31. The molecule has 2 aromatic heterocycles. The minimum Gasteiger partial charge on any atom is -0.423 e. The van der Waals surface area contributed by atoms with Crippen molar-refractivity contribution in [2.45, 2.75) is 20.0 Å². The first-order chi connectivity index (χ1) is 16.0. The minimum absolute atomic E-state index is 0.0201. The first kappa shape index (κ1) is 23.9. The van der Waals surface area contributed by atoms with E-state index in [9.17, 15) is 28.0 Å². The van der Waals surface area contributed by atoms with Crippen LogP contribution in [0, 0.1) is 19.7 Å². The summed E-state index contributed by atoms with van der Waals surface area (Å²) in [5, 5.41) is 21.5.